The van der Waals surface area contributed by atoms with Crippen LogP contribution in [0.3, 0.4) is 0 Å². The summed E-state index contributed by atoms with van der Waals surface area (Å²) in [4.78, 5) is -0.525. The highest BCUT2D eigenvalue weighted by atomic mass is 32.2. The standard InChI is InChI=1S/C11H11F4NO2S/c12-10-4-3-8(7-9(10)11(13,14)15)19(17,18)16-5-1-2-6-16/h3-4,7H,1-2,5-6H2. The van der Waals surface area contributed by atoms with E-state index in [1.807, 2.05) is 0 Å². The van der Waals surface area contributed by atoms with Crippen molar-refractivity contribution in [1.82, 2.24) is 4.31 Å². The molecule has 2 rings (SSSR count). The highest BCUT2D eigenvalue weighted by molar-refractivity contribution is 7.89. The first-order valence-electron chi connectivity index (χ1n) is 5.60. The lowest BCUT2D eigenvalue weighted by molar-refractivity contribution is -0.140. The average Bonchev–Trinajstić information content (AvgIpc) is 2.81. The van der Waals surface area contributed by atoms with Crippen molar-refractivity contribution in [2.45, 2.75) is 23.9 Å². The molecule has 0 bridgehead atoms. The van der Waals surface area contributed by atoms with Gasteiger partial charge >= 0.3 is 6.18 Å². The predicted octanol–water partition coefficient (Wildman–Crippen LogP) is 2.63. The fourth-order valence-electron chi connectivity index (χ4n) is 1.96. The second-order valence-electron chi connectivity index (χ2n) is 4.25. The summed E-state index contributed by atoms with van der Waals surface area (Å²) in [6.45, 7) is 0.558. The van der Waals surface area contributed by atoms with Gasteiger partial charge in [-0.2, -0.15) is 17.5 Å². The van der Waals surface area contributed by atoms with E-state index >= 15 is 0 Å². The van der Waals surface area contributed by atoms with E-state index in [4.69, 9.17) is 0 Å². The molecule has 0 N–H and O–H groups in total. The monoisotopic (exact) mass is 297 g/mol. The van der Waals surface area contributed by atoms with Crippen LogP contribution in [-0.4, -0.2) is 25.8 Å². The van der Waals surface area contributed by atoms with Gasteiger partial charge in [0.2, 0.25) is 10.0 Å². The van der Waals surface area contributed by atoms with Crippen molar-refractivity contribution in [3.63, 3.8) is 0 Å². The summed E-state index contributed by atoms with van der Waals surface area (Å²) in [7, 11) is -3.97. The molecule has 19 heavy (non-hydrogen) atoms. The van der Waals surface area contributed by atoms with Gasteiger partial charge < -0.3 is 0 Å². The van der Waals surface area contributed by atoms with Gasteiger partial charge in [0.25, 0.3) is 0 Å². The summed E-state index contributed by atoms with van der Waals surface area (Å²) < 4.78 is 76.0. The molecule has 106 valence electrons. The van der Waals surface area contributed by atoms with Gasteiger partial charge in [-0.1, -0.05) is 0 Å². The molecule has 0 aromatic heterocycles. The second kappa shape index (κ2) is 4.75. The third-order valence-corrected chi connectivity index (χ3v) is 4.84. The number of hydrogen-bond donors (Lipinski definition) is 0. The van der Waals surface area contributed by atoms with Crippen LogP contribution in [0.1, 0.15) is 18.4 Å². The van der Waals surface area contributed by atoms with Crippen molar-refractivity contribution >= 4 is 10.0 Å². The maximum Gasteiger partial charge on any atom is 0.419 e. The number of sulfonamides is 1. The molecule has 0 atom stereocenters. The van der Waals surface area contributed by atoms with E-state index in [0.29, 0.717) is 25.0 Å². The number of rotatable bonds is 2. The molecular weight excluding hydrogens is 286 g/mol. The first-order chi connectivity index (χ1) is 8.73. The van der Waals surface area contributed by atoms with Crippen molar-refractivity contribution in [2.75, 3.05) is 13.1 Å². The minimum absolute atomic E-state index is 0.279. The van der Waals surface area contributed by atoms with Crippen LogP contribution in [0.5, 0.6) is 0 Å². The molecular formula is C11H11F4NO2S. The third kappa shape index (κ3) is 2.74. The van der Waals surface area contributed by atoms with E-state index in [9.17, 15) is 26.0 Å². The largest absolute Gasteiger partial charge is 0.419 e. The fraction of sp³-hybridized carbons (Fsp3) is 0.455. The molecule has 1 saturated heterocycles. The van der Waals surface area contributed by atoms with Crippen LogP contribution in [0, 0.1) is 5.82 Å². The average molecular weight is 297 g/mol. The van der Waals surface area contributed by atoms with Crippen molar-refractivity contribution < 1.29 is 26.0 Å². The molecule has 0 radical (unpaired) electrons. The van der Waals surface area contributed by atoms with Crippen molar-refractivity contribution in [3.05, 3.63) is 29.6 Å². The minimum Gasteiger partial charge on any atom is -0.207 e. The topological polar surface area (TPSA) is 37.4 Å². The molecule has 1 aliphatic rings. The van der Waals surface area contributed by atoms with Gasteiger partial charge in [0, 0.05) is 13.1 Å². The molecule has 0 aliphatic carbocycles. The highest BCUT2D eigenvalue weighted by Gasteiger charge is 2.36. The number of benzene rings is 1. The molecule has 0 spiro atoms. The first kappa shape index (κ1) is 14.3. The Kier molecular flexibility index (Phi) is 3.57. The quantitative estimate of drug-likeness (QED) is 0.787. The van der Waals surface area contributed by atoms with Gasteiger partial charge in [0.05, 0.1) is 10.5 Å². The van der Waals surface area contributed by atoms with Gasteiger partial charge in [0.15, 0.2) is 0 Å². The predicted molar refractivity (Wildman–Crippen MR) is 59.4 cm³/mol. The van der Waals surface area contributed by atoms with Crippen LogP contribution in [-0.2, 0) is 16.2 Å². The van der Waals surface area contributed by atoms with E-state index in [1.165, 1.54) is 0 Å². The zero-order valence-corrected chi connectivity index (χ0v) is 10.6. The second-order valence-corrected chi connectivity index (χ2v) is 6.19. The SMILES string of the molecule is O=S(=O)(c1ccc(F)c(C(F)(F)F)c1)N1CCCC1. The van der Waals surface area contributed by atoms with Gasteiger partial charge in [-0.3, -0.25) is 0 Å². The molecule has 1 fully saturated rings. The van der Waals surface area contributed by atoms with E-state index in [1.54, 1.807) is 0 Å². The lowest BCUT2D eigenvalue weighted by atomic mass is 10.2. The molecule has 1 aliphatic heterocycles. The highest BCUT2D eigenvalue weighted by Crippen LogP contribution is 2.33. The Labute approximate surface area is 107 Å². The molecule has 0 unspecified atom stereocenters. The summed E-state index contributed by atoms with van der Waals surface area (Å²) in [5.74, 6) is -1.48. The Morgan fingerprint density at radius 1 is 1.11 bits per heavy atom. The van der Waals surface area contributed by atoms with E-state index < -0.39 is 32.5 Å². The molecule has 0 amide bonds. The number of halogens is 4. The summed E-state index contributed by atoms with van der Waals surface area (Å²) in [6, 6.07) is 1.74. The Bertz CT molecular complexity index is 577. The van der Waals surface area contributed by atoms with Crippen LogP contribution in [0.4, 0.5) is 17.6 Å². The Hall–Kier alpha value is -1.15. The summed E-state index contributed by atoms with van der Waals surface area (Å²) in [5, 5.41) is 0. The Morgan fingerprint density at radius 2 is 1.68 bits per heavy atom. The molecule has 1 heterocycles. The zero-order chi connectivity index (χ0) is 14.3. The molecule has 0 saturated carbocycles. The van der Waals surface area contributed by atoms with Crippen molar-refractivity contribution in [3.8, 4) is 0 Å². The lowest BCUT2D eigenvalue weighted by Gasteiger charge is -2.16. The maximum atomic E-state index is 13.1. The summed E-state index contributed by atoms with van der Waals surface area (Å²) in [6.07, 6.45) is -3.57. The lowest BCUT2D eigenvalue weighted by Crippen LogP contribution is -2.28. The van der Waals surface area contributed by atoms with Crippen LogP contribution in [0.25, 0.3) is 0 Å². The first-order valence-corrected chi connectivity index (χ1v) is 7.04. The van der Waals surface area contributed by atoms with Gasteiger partial charge in [0.1, 0.15) is 5.82 Å². The minimum atomic E-state index is -4.92. The van der Waals surface area contributed by atoms with Crippen molar-refractivity contribution in [2.24, 2.45) is 0 Å². The third-order valence-electron chi connectivity index (χ3n) is 2.95. The number of nitrogens with zero attached hydrogens (tertiary/aromatic N) is 1. The van der Waals surface area contributed by atoms with E-state index in [-0.39, 0.29) is 13.1 Å². The van der Waals surface area contributed by atoms with Crippen LogP contribution in [0.2, 0.25) is 0 Å². The molecule has 1 aromatic rings. The summed E-state index contributed by atoms with van der Waals surface area (Å²) >= 11 is 0. The van der Waals surface area contributed by atoms with E-state index in [2.05, 4.69) is 0 Å². The smallest absolute Gasteiger partial charge is 0.207 e. The van der Waals surface area contributed by atoms with Crippen molar-refractivity contribution in [1.29, 1.82) is 0 Å². The van der Waals surface area contributed by atoms with E-state index in [0.717, 1.165) is 10.4 Å². The Balaban J connectivity index is 2.46. The van der Waals surface area contributed by atoms with Crippen LogP contribution < -0.4 is 0 Å². The van der Waals surface area contributed by atoms with Gasteiger partial charge in [-0.25, -0.2) is 12.8 Å². The van der Waals surface area contributed by atoms with Gasteiger partial charge in [-0.15, -0.1) is 0 Å². The normalized spacial score (nSPS) is 17.9. The zero-order valence-electron chi connectivity index (χ0n) is 9.74. The number of alkyl halides is 3. The Morgan fingerprint density at radius 3 is 2.21 bits per heavy atom. The molecule has 3 nitrogen and oxygen atoms in total. The summed E-state index contributed by atoms with van der Waals surface area (Å²) in [5.41, 5.74) is -1.56. The molecule has 8 heteroatoms. The maximum absolute atomic E-state index is 13.1. The molecule has 1 aromatic carbocycles. The fourth-order valence-corrected chi connectivity index (χ4v) is 3.50. The van der Waals surface area contributed by atoms with Gasteiger partial charge in [-0.05, 0) is 31.0 Å². The number of hydrogen-bond acceptors (Lipinski definition) is 2. The van der Waals surface area contributed by atoms with Crippen LogP contribution in [0.15, 0.2) is 23.1 Å². The van der Waals surface area contributed by atoms with Crippen LogP contribution >= 0.6 is 0 Å².